The standard InChI is InChI=1S/C15H15ClFNOS/c1-2-19-11-6-7-13(18)14(8-11)20-9-10-4-3-5-12(17)15(10)16/h3-8H,2,9,18H2,1H3. The topological polar surface area (TPSA) is 35.2 Å². The normalized spacial score (nSPS) is 10.6. The van der Waals surface area contributed by atoms with Gasteiger partial charge in [-0.05, 0) is 36.8 Å². The fourth-order valence-electron chi connectivity index (χ4n) is 1.71. The van der Waals surface area contributed by atoms with Gasteiger partial charge in [-0.15, -0.1) is 11.8 Å². The number of halogens is 2. The maximum Gasteiger partial charge on any atom is 0.142 e. The van der Waals surface area contributed by atoms with Crippen molar-refractivity contribution in [2.24, 2.45) is 0 Å². The minimum atomic E-state index is -0.402. The predicted molar refractivity (Wildman–Crippen MR) is 83.0 cm³/mol. The second-order valence-corrected chi connectivity index (χ2v) is 5.53. The van der Waals surface area contributed by atoms with Crippen molar-refractivity contribution >= 4 is 29.1 Å². The Bertz CT molecular complexity index is 606. The molecule has 0 bridgehead atoms. The predicted octanol–water partition coefficient (Wildman–Crippen LogP) is 4.75. The number of hydrogen-bond acceptors (Lipinski definition) is 3. The lowest BCUT2D eigenvalue weighted by molar-refractivity contribution is 0.339. The molecule has 0 aromatic heterocycles. The molecule has 2 aromatic carbocycles. The molecule has 0 heterocycles. The van der Waals surface area contributed by atoms with Crippen molar-refractivity contribution in [2.75, 3.05) is 12.3 Å². The Morgan fingerprint density at radius 3 is 2.85 bits per heavy atom. The smallest absolute Gasteiger partial charge is 0.142 e. The zero-order valence-corrected chi connectivity index (χ0v) is 12.6. The first-order valence-corrected chi connectivity index (χ1v) is 7.56. The van der Waals surface area contributed by atoms with E-state index in [1.165, 1.54) is 17.8 Å². The fourth-order valence-corrected chi connectivity index (χ4v) is 2.97. The highest BCUT2D eigenvalue weighted by Crippen LogP contribution is 2.33. The zero-order chi connectivity index (χ0) is 14.5. The molecule has 0 aliphatic rings. The Morgan fingerprint density at radius 2 is 2.10 bits per heavy atom. The second kappa shape index (κ2) is 6.86. The first-order valence-electron chi connectivity index (χ1n) is 6.19. The second-order valence-electron chi connectivity index (χ2n) is 4.13. The molecule has 2 rings (SSSR count). The SMILES string of the molecule is CCOc1ccc(N)c(SCc2cccc(F)c2Cl)c1. The summed E-state index contributed by atoms with van der Waals surface area (Å²) in [6.45, 7) is 2.53. The van der Waals surface area contributed by atoms with Crippen LogP contribution in [0.25, 0.3) is 0 Å². The number of benzene rings is 2. The van der Waals surface area contributed by atoms with Crippen LogP contribution in [0.4, 0.5) is 10.1 Å². The van der Waals surface area contributed by atoms with Gasteiger partial charge in [0.25, 0.3) is 0 Å². The van der Waals surface area contributed by atoms with Crippen LogP contribution in [0.1, 0.15) is 12.5 Å². The summed E-state index contributed by atoms with van der Waals surface area (Å²) >= 11 is 7.44. The van der Waals surface area contributed by atoms with E-state index in [1.54, 1.807) is 18.2 Å². The van der Waals surface area contributed by atoms with E-state index < -0.39 is 5.82 Å². The lowest BCUT2D eigenvalue weighted by Gasteiger charge is -2.10. The van der Waals surface area contributed by atoms with Crippen LogP contribution in [-0.4, -0.2) is 6.61 Å². The van der Waals surface area contributed by atoms with Crippen LogP contribution in [0.15, 0.2) is 41.3 Å². The van der Waals surface area contributed by atoms with Crippen molar-refractivity contribution in [2.45, 2.75) is 17.6 Å². The summed E-state index contributed by atoms with van der Waals surface area (Å²) in [5.74, 6) is 0.923. The average Bonchev–Trinajstić information content (AvgIpc) is 2.44. The summed E-state index contributed by atoms with van der Waals surface area (Å²) in [5, 5.41) is 0.166. The van der Waals surface area contributed by atoms with Crippen LogP contribution >= 0.6 is 23.4 Å². The van der Waals surface area contributed by atoms with Crippen LogP contribution in [0.3, 0.4) is 0 Å². The highest BCUT2D eigenvalue weighted by Gasteiger charge is 2.08. The van der Waals surface area contributed by atoms with E-state index >= 15 is 0 Å². The molecular formula is C15H15ClFNOS. The molecule has 0 unspecified atom stereocenters. The molecule has 0 aliphatic carbocycles. The Balaban J connectivity index is 2.14. The molecule has 0 atom stereocenters. The first-order chi connectivity index (χ1) is 9.61. The van der Waals surface area contributed by atoms with Crippen LogP contribution in [0, 0.1) is 5.82 Å². The van der Waals surface area contributed by atoms with E-state index in [-0.39, 0.29) is 5.02 Å². The van der Waals surface area contributed by atoms with Gasteiger partial charge in [-0.1, -0.05) is 23.7 Å². The summed E-state index contributed by atoms with van der Waals surface area (Å²) in [7, 11) is 0. The van der Waals surface area contributed by atoms with Crippen molar-refractivity contribution in [1.29, 1.82) is 0 Å². The number of anilines is 1. The first kappa shape index (κ1) is 15.0. The Kier molecular flexibility index (Phi) is 5.15. The van der Waals surface area contributed by atoms with E-state index in [2.05, 4.69) is 0 Å². The third-order valence-corrected chi connectivity index (χ3v) is 4.25. The van der Waals surface area contributed by atoms with Crippen LogP contribution in [0.2, 0.25) is 5.02 Å². The third-order valence-electron chi connectivity index (χ3n) is 2.71. The van der Waals surface area contributed by atoms with Crippen LogP contribution < -0.4 is 10.5 Å². The molecule has 2 N–H and O–H groups in total. The molecule has 2 nitrogen and oxygen atoms in total. The molecule has 0 fully saturated rings. The molecule has 0 aliphatic heterocycles. The minimum absolute atomic E-state index is 0.166. The van der Waals surface area contributed by atoms with Crippen molar-refractivity contribution < 1.29 is 9.13 Å². The van der Waals surface area contributed by atoms with Crippen molar-refractivity contribution in [3.63, 3.8) is 0 Å². The van der Waals surface area contributed by atoms with Gasteiger partial charge in [0.05, 0.1) is 11.6 Å². The number of nitrogen functional groups attached to an aromatic ring is 1. The molecule has 106 valence electrons. The molecule has 0 saturated heterocycles. The van der Waals surface area contributed by atoms with E-state index in [0.29, 0.717) is 18.0 Å². The van der Waals surface area contributed by atoms with Gasteiger partial charge in [0.2, 0.25) is 0 Å². The monoisotopic (exact) mass is 311 g/mol. The van der Waals surface area contributed by atoms with Crippen molar-refractivity contribution in [3.05, 3.63) is 52.8 Å². The lowest BCUT2D eigenvalue weighted by Crippen LogP contribution is -1.94. The Hall–Kier alpha value is -1.39. The van der Waals surface area contributed by atoms with Crippen LogP contribution in [0.5, 0.6) is 5.75 Å². The van der Waals surface area contributed by atoms with E-state index in [4.69, 9.17) is 22.1 Å². The average molecular weight is 312 g/mol. The molecule has 0 radical (unpaired) electrons. The number of ether oxygens (including phenoxy) is 1. The number of rotatable bonds is 5. The highest BCUT2D eigenvalue weighted by atomic mass is 35.5. The summed E-state index contributed by atoms with van der Waals surface area (Å²) in [6, 6.07) is 10.3. The lowest BCUT2D eigenvalue weighted by atomic mass is 10.2. The molecule has 2 aromatic rings. The molecule has 5 heteroatoms. The molecule has 0 saturated carbocycles. The largest absolute Gasteiger partial charge is 0.494 e. The summed E-state index contributed by atoms with van der Waals surface area (Å²) in [6.07, 6.45) is 0. The molecule has 0 spiro atoms. The number of nitrogens with two attached hydrogens (primary N) is 1. The van der Waals surface area contributed by atoms with Gasteiger partial charge < -0.3 is 10.5 Å². The minimum Gasteiger partial charge on any atom is -0.494 e. The zero-order valence-electron chi connectivity index (χ0n) is 11.0. The van der Waals surface area contributed by atoms with E-state index in [0.717, 1.165) is 16.2 Å². The molecule has 20 heavy (non-hydrogen) atoms. The summed E-state index contributed by atoms with van der Waals surface area (Å²) < 4.78 is 18.8. The van der Waals surface area contributed by atoms with Gasteiger partial charge in [-0.3, -0.25) is 0 Å². The Labute approximate surface area is 127 Å². The van der Waals surface area contributed by atoms with Gasteiger partial charge >= 0.3 is 0 Å². The van der Waals surface area contributed by atoms with Gasteiger partial charge in [-0.2, -0.15) is 0 Å². The maximum atomic E-state index is 13.4. The quantitative estimate of drug-likeness (QED) is 0.639. The van der Waals surface area contributed by atoms with Gasteiger partial charge in [0.15, 0.2) is 0 Å². The van der Waals surface area contributed by atoms with E-state index in [9.17, 15) is 4.39 Å². The van der Waals surface area contributed by atoms with Gasteiger partial charge in [0, 0.05) is 16.3 Å². The molecule has 0 amide bonds. The summed E-state index contributed by atoms with van der Waals surface area (Å²) in [5.41, 5.74) is 7.35. The van der Waals surface area contributed by atoms with Gasteiger partial charge in [-0.25, -0.2) is 4.39 Å². The van der Waals surface area contributed by atoms with Crippen molar-refractivity contribution in [1.82, 2.24) is 0 Å². The fraction of sp³-hybridized carbons (Fsp3) is 0.200. The Morgan fingerprint density at radius 1 is 1.30 bits per heavy atom. The molecular weight excluding hydrogens is 297 g/mol. The van der Waals surface area contributed by atoms with Crippen molar-refractivity contribution in [3.8, 4) is 5.75 Å². The van der Waals surface area contributed by atoms with Gasteiger partial charge in [0.1, 0.15) is 11.6 Å². The summed E-state index contributed by atoms with van der Waals surface area (Å²) in [4.78, 5) is 0.899. The number of hydrogen-bond donors (Lipinski definition) is 1. The third kappa shape index (κ3) is 3.58. The highest BCUT2D eigenvalue weighted by molar-refractivity contribution is 7.98. The van der Waals surface area contributed by atoms with E-state index in [1.807, 2.05) is 19.1 Å². The van der Waals surface area contributed by atoms with Crippen LogP contribution in [-0.2, 0) is 5.75 Å². The maximum absolute atomic E-state index is 13.4. The number of thioether (sulfide) groups is 1.